The number of ether oxygens (including phenoxy) is 2. The Morgan fingerprint density at radius 2 is 1.61 bits per heavy atom. The monoisotopic (exact) mass is 479 g/mol. The number of aromatic nitrogens is 2. The van der Waals surface area contributed by atoms with Crippen LogP contribution in [0.5, 0.6) is 5.75 Å². The zero-order chi connectivity index (χ0) is 23.2. The average molecular weight is 480 g/mol. The Hall–Kier alpha value is -3.56. The van der Waals surface area contributed by atoms with Crippen LogP contribution in [-0.2, 0) is 22.7 Å². The third-order valence-electron chi connectivity index (χ3n) is 4.55. The fraction of sp³-hybridized carbons (Fsp3) is 0.167. The molecule has 0 fully saturated rings. The molecule has 168 valence electrons. The van der Waals surface area contributed by atoms with Crippen molar-refractivity contribution in [3.05, 3.63) is 87.3 Å². The van der Waals surface area contributed by atoms with E-state index in [-0.39, 0.29) is 12.5 Å². The molecule has 33 heavy (non-hydrogen) atoms. The first-order valence-electron chi connectivity index (χ1n) is 10.1. The van der Waals surface area contributed by atoms with E-state index >= 15 is 0 Å². The second-order valence-electron chi connectivity index (χ2n) is 7.06. The van der Waals surface area contributed by atoms with Crippen LogP contribution in [0, 0.1) is 6.92 Å². The van der Waals surface area contributed by atoms with E-state index in [1.165, 1.54) is 23.2 Å². The third-order valence-corrected chi connectivity index (χ3v) is 6.25. The lowest BCUT2D eigenvalue weighted by atomic mass is 10.2. The Kier molecular flexibility index (Phi) is 7.11. The molecule has 0 unspecified atom stereocenters. The number of carbonyl (C=O) groups excluding carboxylic acids is 2. The van der Waals surface area contributed by atoms with Crippen molar-refractivity contribution >= 4 is 45.4 Å². The number of nitrogens with zero attached hydrogens (tertiary/aromatic N) is 3. The summed E-state index contributed by atoms with van der Waals surface area (Å²) in [5.41, 5.74) is 2.59. The van der Waals surface area contributed by atoms with E-state index in [4.69, 9.17) is 9.47 Å². The van der Waals surface area contributed by atoms with Crippen molar-refractivity contribution in [3.63, 3.8) is 0 Å². The number of rotatable bonds is 8. The van der Waals surface area contributed by atoms with Crippen LogP contribution in [0.3, 0.4) is 0 Å². The first-order valence-corrected chi connectivity index (χ1v) is 11.9. The van der Waals surface area contributed by atoms with Crippen molar-refractivity contribution in [2.24, 2.45) is 0 Å². The van der Waals surface area contributed by atoms with Gasteiger partial charge in [0.15, 0.2) is 5.13 Å². The summed E-state index contributed by atoms with van der Waals surface area (Å²) >= 11 is 2.89. The fourth-order valence-corrected chi connectivity index (χ4v) is 4.48. The van der Waals surface area contributed by atoms with Gasteiger partial charge >= 0.3 is 5.97 Å². The highest BCUT2D eigenvalue weighted by Crippen LogP contribution is 2.29. The van der Waals surface area contributed by atoms with Crippen LogP contribution in [-0.4, -0.2) is 21.8 Å². The molecule has 7 nitrogen and oxygen atoms in total. The number of hydrogen-bond donors (Lipinski definition) is 0. The number of esters is 1. The maximum atomic E-state index is 12.4. The molecule has 0 saturated heterocycles. The number of amides is 1. The zero-order valence-electron chi connectivity index (χ0n) is 18.1. The van der Waals surface area contributed by atoms with Gasteiger partial charge in [0.2, 0.25) is 5.91 Å². The van der Waals surface area contributed by atoms with E-state index in [1.54, 1.807) is 41.0 Å². The van der Waals surface area contributed by atoms with Crippen LogP contribution < -0.4 is 9.64 Å². The standard InChI is InChI=1S/C24H21N3O4S2/c1-16-25-19(14-32-16)12-30-22-10-8-18(9-11-22)23(29)31-13-20-15-33-24(26-20)27(17(2)28)21-6-4-3-5-7-21/h3-11,14-15H,12-13H2,1-2H3. The largest absolute Gasteiger partial charge is 0.487 e. The highest BCUT2D eigenvalue weighted by Gasteiger charge is 2.18. The van der Waals surface area contributed by atoms with E-state index in [9.17, 15) is 9.59 Å². The number of hydrogen-bond acceptors (Lipinski definition) is 8. The molecule has 2 aromatic carbocycles. The van der Waals surface area contributed by atoms with Crippen LogP contribution in [0.1, 0.15) is 33.7 Å². The van der Waals surface area contributed by atoms with E-state index in [2.05, 4.69) is 9.97 Å². The van der Waals surface area contributed by atoms with Crippen LogP contribution >= 0.6 is 22.7 Å². The summed E-state index contributed by atoms with van der Waals surface area (Å²) in [5, 5.41) is 5.25. The third kappa shape index (κ3) is 5.82. The Morgan fingerprint density at radius 1 is 0.909 bits per heavy atom. The topological polar surface area (TPSA) is 81.6 Å². The van der Waals surface area contributed by atoms with Gasteiger partial charge in [0.1, 0.15) is 19.0 Å². The predicted molar refractivity (Wildman–Crippen MR) is 128 cm³/mol. The minimum atomic E-state index is -0.460. The molecule has 0 radical (unpaired) electrons. The molecule has 9 heteroatoms. The van der Waals surface area contributed by atoms with Gasteiger partial charge in [-0.2, -0.15) is 0 Å². The highest BCUT2D eigenvalue weighted by molar-refractivity contribution is 7.14. The van der Waals surface area contributed by atoms with Crippen LogP contribution in [0.4, 0.5) is 10.8 Å². The number of benzene rings is 2. The second-order valence-corrected chi connectivity index (χ2v) is 8.96. The Morgan fingerprint density at radius 3 is 2.27 bits per heavy atom. The summed E-state index contributed by atoms with van der Waals surface area (Å²) in [4.78, 5) is 34.9. The van der Waals surface area contributed by atoms with E-state index in [0.717, 1.165) is 16.4 Å². The molecule has 0 aliphatic carbocycles. The normalized spacial score (nSPS) is 10.6. The Labute approximate surface area is 199 Å². The predicted octanol–water partition coefficient (Wildman–Crippen LogP) is 5.53. The van der Waals surface area contributed by atoms with Gasteiger partial charge < -0.3 is 9.47 Å². The average Bonchev–Trinajstić information content (AvgIpc) is 3.46. The lowest BCUT2D eigenvalue weighted by Gasteiger charge is -2.17. The number of carbonyl (C=O) groups is 2. The van der Waals surface area contributed by atoms with Gasteiger partial charge in [-0.25, -0.2) is 14.8 Å². The summed E-state index contributed by atoms with van der Waals surface area (Å²) < 4.78 is 11.1. The maximum Gasteiger partial charge on any atom is 0.338 e. The summed E-state index contributed by atoms with van der Waals surface area (Å²) in [6.07, 6.45) is 0. The molecule has 0 aliphatic heterocycles. The number of aryl methyl sites for hydroxylation is 1. The van der Waals surface area contributed by atoms with Gasteiger partial charge in [-0.05, 0) is 43.3 Å². The minimum Gasteiger partial charge on any atom is -0.487 e. The van der Waals surface area contributed by atoms with Gasteiger partial charge in [-0.15, -0.1) is 22.7 Å². The fourth-order valence-electron chi connectivity index (χ4n) is 3.01. The molecule has 0 spiro atoms. The molecular formula is C24H21N3O4S2. The summed E-state index contributed by atoms with van der Waals surface area (Å²) in [6.45, 7) is 3.82. The van der Waals surface area contributed by atoms with Gasteiger partial charge in [0.05, 0.1) is 27.6 Å². The maximum absolute atomic E-state index is 12.4. The van der Waals surface area contributed by atoms with Gasteiger partial charge in [0.25, 0.3) is 0 Å². The number of thiazole rings is 2. The molecule has 2 aromatic heterocycles. The van der Waals surface area contributed by atoms with Crippen LogP contribution in [0.15, 0.2) is 65.4 Å². The first-order chi connectivity index (χ1) is 16.0. The van der Waals surface area contributed by atoms with Crippen molar-refractivity contribution in [3.8, 4) is 5.75 Å². The van der Waals surface area contributed by atoms with Crippen molar-refractivity contribution in [2.45, 2.75) is 27.1 Å². The van der Waals surface area contributed by atoms with Crippen molar-refractivity contribution < 1.29 is 19.1 Å². The van der Waals surface area contributed by atoms with Gasteiger partial charge in [0, 0.05) is 17.7 Å². The number of para-hydroxylation sites is 1. The van der Waals surface area contributed by atoms with E-state index < -0.39 is 5.97 Å². The molecule has 0 bridgehead atoms. The van der Waals surface area contributed by atoms with Crippen molar-refractivity contribution in [2.75, 3.05) is 4.90 Å². The summed E-state index contributed by atoms with van der Waals surface area (Å²) in [7, 11) is 0. The van der Waals surface area contributed by atoms with E-state index in [1.807, 2.05) is 42.6 Å². The summed E-state index contributed by atoms with van der Waals surface area (Å²) in [5.74, 6) is 0.0376. The minimum absolute atomic E-state index is 0.0112. The summed E-state index contributed by atoms with van der Waals surface area (Å²) in [6, 6.07) is 16.0. The molecule has 1 amide bonds. The molecule has 4 aromatic rings. The first kappa shape index (κ1) is 22.6. The van der Waals surface area contributed by atoms with Gasteiger partial charge in [-0.1, -0.05) is 18.2 Å². The second kappa shape index (κ2) is 10.4. The number of anilines is 2. The lowest BCUT2D eigenvalue weighted by molar-refractivity contribution is -0.115. The molecular weight excluding hydrogens is 458 g/mol. The van der Waals surface area contributed by atoms with Crippen LogP contribution in [0.2, 0.25) is 0 Å². The van der Waals surface area contributed by atoms with Crippen LogP contribution in [0.25, 0.3) is 0 Å². The SMILES string of the molecule is CC(=O)N(c1ccccc1)c1nc(COC(=O)c2ccc(OCc3csc(C)n3)cc2)cs1. The lowest BCUT2D eigenvalue weighted by Crippen LogP contribution is -2.22. The molecule has 0 saturated carbocycles. The van der Waals surface area contributed by atoms with Crippen molar-refractivity contribution in [1.29, 1.82) is 0 Å². The zero-order valence-corrected chi connectivity index (χ0v) is 19.7. The van der Waals surface area contributed by atoms with E-state index in [0.29, 0.717) is 28.7 Å². The molecule has 0 aliphatic rings. The quantitative estimate of drug-likeness (QED) is 0.309. The Bertz CT molecular complexity index is 1240. The molecule has 4 rings (SSSR count). The molecule has 0 atom stereocenters. The highest BCUT2D eigenvalue weighted by atomic mass is 32.1. The molecule has 0 N–H and O–H groups in total. The van der Waals surface area contributed by atoms with Crippen molar-refractivity contribution in [1.82, 2.24) is 9.97 Å². The van der Waals surface area contributed by atoms with Gasteiger partial charge in [-0.3, -0.25) is 9.69 Å². The Balaban J connectivity index is 1.33. The molecule has 2 heterocycles. The smallest absolute Gasteiger partial charge is 0.338 e.